The fourth-order valence-corrected chi connectivity index (χ4v) is 3.06. The molecular weight excluding hydrogens is 162 g/mol. The van der Waals surface area contributed by atoms with Crippen molar-refractivity contribution in [2.45, 2.75) is 38.7 Å². The van der Waals surface area contributed by atoms with Crippen LogP contribution in [0.1, 0.15) is 32.6 Å². The molecule has 2 rings (SSSR count). The van der Waals surface area contributed by atoms with Gasteiger partial charge in [0.25, 0.3) is 0 Å². The third kappa shape index (κ3) is 1.60. The highest BCUT2D eigenvalue weighted by molar-refractivity contribution is 5.21. The Hall–Kier alpha value is -0.500. The smallest absolute Gasteiger partial charge is 0.0580 e. The molecular formula is C11H19NO. The van der Waals surface area contributed by atoms with Crippen LogP contribution in [0.3, 0.4) is 0 Å². The molecule has 0 saturated heterocycles. The van der Waals surface area contributed by atoms with Gasteiger partial charge in [-0.25, -0.2) is 0 Å². The van der Waals surface area contributed by atoms with Crippen LogP contribution in [0, 0.1) is 11.8 Å². The Morgan fingerprint density at radius 3 is 2.77 bits per heavy atom. The van der Waals surface area contributed by atoms with Gasteiger partial charge in [-0.3, -0.25) is 0 Å². The van der Waals surface area contributed by atoms with Crippen LogP contribution in [0.25, 0.3) is 0 Å². The third-order valence-corrected chi connectivity index (χ3v) is 3.45. The van der Waals surface area contributed by atoms with E-state index in [1.165, 1.54) is 24.1 Å². The maximum Gasteiger partial charge on any atom is 0.0580 e. The van der Waals surface area contributed by atoms with Gasteiger partial charge in [0.1, 0.15) is 0 Å². The number of hydrogen-bond donors (Lipinski definition) is 2. The zero-order valence-corrected chi connectivity index (χ0v) is 8.51. The van der Waals surface area contributed by atoms with E-state index in [1.54, 1.807) is 0 Å². The molecule has 3 atom stereocenters. The summed E-state index contributed by atoms with van der Waals surface area (Å²) >= 11 is 0. The summed E-state index contributed by atoms with van der Waals surface area (Å²) in [5.74, 6) is 1.41. The van der Waals surface area contributed by atoms with Crippen molar-refractivity contribution in [2.75, 3.05) is 7.05 Å². The fraction of sp³-hybridized carbons (Fsp3) is 0.818. The topological polar surface area (TPSA) is 32.3 Å². The fourth-order valence-electron chi connectivity index (χ4n) is 3.06. The molecule has 0 aromatic carbocycles. The van der Waals surface area contributed by atoms with Crippen molar-refractivity contribution in [1.29, 1.82) is 0 Å². The van der Waals surface area contributed by atoms with Gasteiger partial charge >= 0.3 is 0 Å². The van der Waals surface area contributed by atoms with E-state index in [0.29, 0.717) is 5.92 Å². The molecule has 0 aromatic rings. The van der Waals surface area contributed by atoms with Crippen molar-refractivity contribution < 1.29 is 5.11 Å². The molecule has 2 nitrogen and oxygen atoms in total. The molecule has 0 aromatic heterocycles. The molecule has 74 valence electrons. The molecule has 0 radical (unpaired) electrons. The lowest BCUT2D eigenvalue weighted by Crippen LogP contribution is -2.32. The second-order valence-corrected chi connectivity index (χ2v) is 4.57. The van der Waals surface area contributed by atoms with Gasteiger partial charge in [-0.05, 0) is 43.1 Å². The molecule has 2 aliphatic rings. The van der Waals surface area contributed by atoms with Gasteiger partial charge in [-0.1, -0.05) is 6.92 Å². The summed E-state index contributed by atoms with van der Waals surface area (Å²) in [4.78, 5) is 0. The molecule has 2 heteroatoms. The standard InChI is InChI=1S/C11H19NO/c1-7-3-8-4-9(11(7)12-2)6-10(13)5-8/h7-8,10,12-13H,3-6H2,1-2H3/t7?,8?,10-/m0/s1. The summed E-state index contributed by atoms with van der Waals surface area (Å²) in [6.07, 6.45) is 4.31. The molecule has 2 unspecified atom stereocenters. The molecule has 0 spiro atoms. The molecule has 1 saturated carbocycles. The van der Waals surface area contributed by atoms with E-state index < -0.39 is 0 Å². The summed E-state index contributed by atoms with van der Waals surface area (Å²) < 4.78 is 0. The van der Waals surface area contributed by atoms with E-state index >= 15 is 0 Å². The lowest BCUT2D eigenvalue weighted by Gasteiger charge is -2.37. The number of allylic oxidation sites excluding steroid dienone is 1. The highest BCUT2D eigenvalue weighted by atomic mass is 16.3. The molecule has 1 fully saturated rings. The zero-order valence-electron chi connectivity index (χ0n) is 8.51. The van der Waals surface area contributed by atoms with Gasteiger partial charge in [-0.15, -0.1) is 0 Å². The van der Waals surface area contributed by atoms with E-state index in [-0.39, 0.29) is 6.10 Å². The van der Waals surface area contributed by atoms with Crippen molar-refractivity contribution in [3.63, 3.8) is 0 Å². The molecule has 2 bridgehead atoms. The Morgan fingerprint density at radius 1 is 1.31 bits per heavy atom. The van der Waals surface area contributed by atoms with E-state index in [9.17, 15) is 5.11 Å². The SMILES string of the molecule is CNC1=C2CC(CC1C)C[C@H](O)C2. The number of nitrogens with one attached hydrogen (secondary N) is 1. The van der Waals surface area contributed by atoms with Crippen LogP contribution in [-0.4, -0.2) is 18.3 Å². The lowest BCUT2D eigenvalue weighted by atomic mass is 9.72. The minimum absolute atomic E-state index is 0.0791. The molecule has 0 amide bonds. The first-order valence-corrected chi connectivity index (χ1v) is 5.28. The van der Waals surface area contributed by atoms with Crippen LogP contribution in [0.2, 0.25) is 0 Å². The summed E-state index contributed by atoms with van der Waals surface area (Å²) in [5, 5.41) is 13.0. The predicted molar refractivity (Wildman–Crippen MR) is 53.2 cm³/mol. The van der Waals surface area contributed by atoms with Crippen molar-refractivity contribution in [1.82, 2.24) is 5.32 Å². The predicted octanol–water partition coefficient (Wildman–Crippen LogP) is 1.66. The highest BCUT2D eigenvalue weighted by Gasteiger charge is 2.32. The van der Waals surface area contributed by atoms with Crippen LogP contribution in [-0.2, 0) is 0 Å². The van der Waals surface area contributed by atoms with Gasteiger partial charge in [0.05, 0.1) is 6.10 Å². The average Bonchev–Trinajstić information content (AvgIpc) is 2.02. The second kappa shape index (κ2) is 3.33. The Balaban J connectivity index is 2.25. The van der Waals surface area contributed by atoms with Gasteiger partial charge < -0.3 is 10.4 Å². The van der Waals surface area contributed by atoms with Crippen molar-refractivity contribution in [3.05, 3.63) is 11.3 Å². The van der Waals surface area contributed by atoms with Gasteiger partial charge in [-0.2, -0.15) is 0 Å². The van der Waals surface area contributed by atoms with Crippen molar-refractivity contribution in [3.8, 4) is 0 Å². The highest BCUT2D eigenvalue weighted by Crippen LogP contribution is 2.41. The largest absolute Gasteiger partial charge is 0.393 e. The summed E-state index contributed by atoms with van der Waals surface area (Å²) in [7, 11) is 2.00. The number of rotatable bonds is 1. The summed E-state index contributed by atoms with van der Waals surface area (Å²) in [6, 6.07) is 0. The van der Waals surface area contributed by atoms with E-state index in [4.69, 9.17) is 0 Å². The molecule has 0 aliphatic heterocycles. The number of fused-ring (bicyclic) bond motifs is 2. The van der Waals surface area contributed by atoms with Crippen molar-refractivity contribution in [2.24, 2.45) is 11.8 Å². The first-order valence-electron chi connectivity index (χ1n) is 5.28. The Kier molecular flexibility index (Phi) is 2.33. The van der Waals surface area contributed by atoms with Crippen LogP contribution in [0.5, 0.6) is 0 Å². The Labute approximate surface area is 80.0 Å². The monoisotopic (exact) mass is 181 g/mol. The number of aliphatic hydroxyl groups excluding tert-OH is 1. The maximum atomic E-state index is 9.65. The van der Waals surface area contributed by atoms with Crippen LogP contribution in [0.4, 0.5) is 0 Å². The molecule has 0 heterocycles. The summed E-state index contributed by atoms with van der Waals surface area (Å²) in [5.41, 5.74) is 2.88. The Morgan fingerprint density at radius 2 is 2.08 bits per heavy atom. The number of hydrogen-bond acceptors (Lipinski definition) is 2. The number of aliphatic hydroxyl groups is 1. The van der Waals surface area contributed by atoms with E-state index in [1.807, 2.05) is 7.05 Å². The quantitative estimate of drug-likeness (QED) is 0.645. The lowest BCUT2D eigenvalue weighted by molar-refractivity contribution is 0.108. The Bertz CT molecular complexity index is 234. The molecule has 13 heavy (non-hydrogen) atoms. The van der Waals surface area contributed by atoms with Crippen LogP contribution >= 0.6 is 0 Å². The maximum absolute atomic E-state index is 9.65. The van der Waals surface area contributed by atoms with Gasteiger partial charge in [0.15, 0.2) is 0 Å². The van der Waals surface area contributed by atoms with Gasteiger partial charge in [0, 0.05) is 12.7 Å². The first kappa shape index (κ1) is 9.07. The first-order chi connectivity index (χ1) is 6.20. The second-order valence-electron chi connectivity index (χ2n) is 4.57. The van der Waals surface area contributed by atoms with Crippen LogP contribution in [0.15, 0.2) is 11.3 Å². The van der Waals surface area contributed by atoms with E-state index in [2.05, 4.69) is 12.2 Å². The van der Waals surface area contributed by atoms with Gasteiger partial charge in [0.2, 0.25) is 0 Å². The minimum Gasteiger partial charge on any atom is -0.393 e. The third-order valence-electron chi connectivity index (χ3n) is 3.45. The zero-order chi connectivity index (χ0) is 9.42. The average molecular weight is 181 g/mol. The van der Waals surface area contributed by atoms with E-state index in [0.717, 1.165) is 18.8 Å². The molecule has 2 aliphatic carbocycles. The normalized spacial score (nSPS) is 39.2. The van der Waals surface area contributed by atoms with Crippen molar-refractivity contribution >= 4 is 0 Å². The minimum atomic E-state index is -0.0791. The molecule has 2 N–H and O–H groups in total. The summed E-state index contributed by atoms with van der Waals surface area (Å²) in [6.45, 7) is 2.29. The van der Waals surface area contributed by atoms with Crippen LogP contribution < -0.4 is 5.32 Å².